The van der Waals surface area contributed by atoms with Gasteiger partial charge < -0.3 is 4.42 Å². The molecule has 1 heterocycles. The first-order valence-corrected chi connectivity index (χ1v) is 6.41. The Morgan fingerprint density at radius 2 is 1.88 bits per heavy atom. The van der Waals surface area contributed by atoms with Gasteiger partial charge in [-0.3, -0.25) is 9.69 Å². The molecule has 0 bridgehead atoms. The molecule has 0 amide bonds. The molecule has 0 N–H and O–H groups in total. The van der Waals surface area contributed by atoms with Crippen LogP contribution in [0.15, 0.2) is 23.0 Å². The summed E-state index contributed by atoms with van der Waals surface area (Å²) in [5, 5.41) is 0. The fraction of sp³-hybridized carbons (Fsp3) is 0.643. The van der Waals surface area contributed by atoms with Gasteiger partial charge in [0.25, 0.3) is 0 Å². The molecule has 17 heavy (non-hydrogen) atoms. The second-order valence-electron chi connectivity index (χ2n) is 5.18. The second-order valence-corrected chi connectivity index (χ2v) is 5.18. The van der Waals surface area contributed by atoms with Crippen molar-refractivity contribution in [1.29, 1.82) is 0 Å². The molecule has 1 aliphatic rings. The molecule has 0 aromatic carbocycles. The highest BCUT2D eigenvalue weighted by Gasteiger charge is 2.41. The van der Waals surface area contributed by atoms with Crippen LogP contribution in [-0.2, 0) is 0 Å². The van der Waals surface area contributed by atoms with E-state index in [-0.39, 0.29) is 11.3 Å². The normalized spacial score (nSPS) is 20.2. The van der Waals surface area contributed by atoms with Crippen LogP contribution in [0.1, 0.15) is 48.9 Å². The highest BCUT2D eigenvalue weighted by Crippen LogP contribution is 2.34. The summed E-state index contributed by atoms with van der Waals surface area (Å²) < 4.78 is 5.04. The van der Waals surface area contributed by atoms with Crippen molar-refractivity contribution in [3.05, 3.63) is 24.2 Å². The molecule has 3 heteroatoms. The molecule has 1 aromatic heterocycles. The Kier molecular flexibility index (Phi) is 3.67. The minimum atomic E-state index is -0.319. The maximum atomic E-state index is 12.7. The van der Waals surface area contributed by atoms with Crippen LogP contribution in [0, 0.1) is 0 Å². The van der Waals surface area contributed by atoms with Crippen molar-refractivity contribution in [1.82, 2.24) is 4.90 Å². The smallest absolute Gasteiger partial charge is 0.186 e. The summed E-state index contributed by atoms with van der Waals surface area (Å²) in [6, 6.07) is 1.78. The summed E-state index contributed by atoms with van der Waals surface area (Å²) in [5.74, 6) is 0.221. The van der Waals surface area contributed by atoms with Crippen LogP contribution in [-0.4, -0.2) is 30.3 Å². The fourth-order valence-corrected chi connectivity index (χ4v) is 2.85. The molecule has 1 aromatic rings. The van der Waals surface area contributed by atoms with Crippen molar-refractivity contribution in [3.63, 3.8) is 0 Å². The van der Waals surface area contributed by atoms with E-state index < -0.39 is 0 Å². The molecule has 0 spiro atoms. The number of likely N-dealkylation sites (N-methyl/N-ethyl adjacent to an activating group) is 1. The highest BCUT2D eigenvalue weighted by molar-refractivity contribution is 6.03. The van der Waals surface area contributed by atoms with Crippen LogP contribution >= 0.6 is 0 Å². The Hall–Kier alpha value is -1.09. The van der Waals surface area contributed by atoms with Gasteiger partial charge in [-0.15, -0.1) is 0 Å². The monoisotopic (exact) mass is 235 g/mol. The van der Waals surface area contributed by atoms with Crippen LogP contribution in [0.25, 0.3) is 0 Å². The lowest BCUT2D eigenvalue weighted by atomic mass is 9.82. The number of nitrogens with zero attached hydrogens (tertiary/aromatic N) is 1. The number of hydrogen-bond acceptors (Lipinski definition) is 3. The zero-order valence-electron chi connectivity index (χ0n) is 10.7. The van der Waals surface area contributed by atoms with Crippen molar-refractivity contribution >= 4 is 5.78 Å². The molecule has 2 rings (SSSR count). The molecule has 3 nitrogen and oxygen atoms in total. The number of carbonyl (C=O) groups excluding carboxylic acids is 1. The molecule has 0 aliphatic heterocycles. The van der Waals surface area contributed by atoms with E-state index >= 15 is 0 Å². The summed E-state index contributed by atoms with van der Waals surface area (Å²) in [5.41, 5.74) is 0.390. The third-order valence-corrected chi connectivity index (χ3v) is 3.99. The number of ketones is 1. The Balaban J connectivity index is 2.30. The molecule has 94 valence electrons. The molecule has 1 saturated carbocycles. The van der Waals surface area contributed by atoms with Gasteiger partial charge in [0.1, 0.15) is 6.26 Å². The zero-order chi connectivity index (χ0) is 12.3. The standard InChI is InChI=1S/C14H21NO2/c1-15(2)14(8-5-3-4-6-9-14)13(16)12-7-10-17-11-12/h7,10-11H,3-6,8-9H2,1-2H3. The lowest BCUT2D eigenvalue weighted by Crippen LogP contribution is -2.50. The third kappa shape index (κ3) is 2.29. The molecule has 0 radical (unpaired) electrons. The van der Waals surface area contributed by atoms with Gasteiger partial charge in [-0.2, -0.15) is 0 Å². The molecule has 1 aliphatic carbocycles. The molecule has 1 fully saturated rings. The molecule has 0 atom stereocenters. The average molecular weight is 235 g/mol. The predicted molar refractivity (Wildman–Crippen MR) is 67.2 cm³/mol. The van der Waals surface area contributed by atoms with Gasteiger partial charge in [-0.1, -0.05) is 25.7 Å². The van der Waals surface area contributed by atoms with Gasteiger partial charge in [0, 0.05) is 0 Å². The maximum absolute atomic E-state index is 12.7. The number of rotatable bonds is 3. The van der Waals surface area contributed by atoms with E-state index in [4.69, 9.17) is 4.42 Å². The van der Waals surface area contributed by atoms with Crippen molar-refractivity contribution in [3.8, 4) is 0 Å². The van der Waals surface area contributed by atoms with Crippen LogP contribution < -0.4 is 0 Å². The van der Waals surface area contributed by atoms with Gasteiger partial charge in [0.15, 0.2) is 5.78 Å². The second kappa shape index (κ2) is 5.05. The fourth-order valence-electron chi connectivity index (χ4n) is 2.85. The van der Waals surface area contributed by atoms with Crippen LogP contribution in [0.4, 0.5) is 0 Å². The van der Waals surface area contributed by atoms with Crippen molar-refractivity contribution in [2.75, 3.05) is 14.1 Å². The van der Waals surface area contributed by atoms with E-state index in [0.717, 1.165) is 25.7 Å². The van der Waals surface area contributed by atoms with Gasteiger partial charge in [0.2, 0.25) is 0 Å². The van der Waals surface area contributed by atoms with E-state index in [1.807, 2.05) is 14.1 Å². The lowest BCUT2D eigenvalue weighted by Gasteiger charge is -2.37. The summed E-state index contributed by atoms with van der Waals surface area (Å²) in [7, 11) is 4.03. The van der Waals surface area contributed by atoms with E-state index in [1.54, 1.807) is 18.6 Å². The largest absolute Gasteiger partial charge is 0.472 e. The summed E-state index contributed by atoms with van der Waals surface area (Å²) in [4.78, 5) is 14.8. The Morgan fingerprint density at radius 3 is 2.35 bits per heavy atom. The van der Waals surface area contributed by atoms with Gasteiger partial charge >= 0.3 is 0 Å². The van der Waals surface area contributed by atoms with E-state index in [2.05, 4.69) is 4.90 Å². The van der Waals surface area contributed by atoms with Crippen LogP contribution in [0.5, 0.6) is 0 Å². The minimum Gasteiger partial charge on any atom is -0.472 e. The topological polar surface area (TPSA) is 33.5 Å². The molecular weight excluding hydrogens is 214 g/mol. The summed E-state index contributed by atoms with van der Waals surface area (Å²) in [6.45, 7) is 0. The Morgan fingerprint density at radius 1 is 1.24 bits per heavy atom. The summed E-state index contributed by atoms with van der Waals surface area (Å²) >= 11 is 0. The van der Waals surface area contributed by atoms with E-state index in [0.29, 0.717) is 5.56 Å². The lowest BCUT2D eigenvalue weighted by molar-refractivity contribution is 0.0634. The highest BCUT2D eigenvalue weighted by atomic mass is 16.3. The first kappa shape index (κ1) is 12.4. The Bertz CT molecular complexity index is 360. The van der Waals surface area contributed by atoms with Gasteiger partial charge in [-0.25, -0.2) is 0 Å². The van der Waals surface area contributed by atoms with Crippen molar-refractivity contribution in [2.45, 2.75) is 44.1 Å². The van der Waals surface area contributed by atoms with Crippen molar-refractivity contribution < 1.29 is 9.21 Å². The molecule has 0 saturated heterocycles. The number of hydrogen-bond donors (Lipinski definition) is 0. The quantitative estimate of drug-likeness (QED) is 0.596. The summed E-state index contributed by atoms with van der Waals surface area (Å²) in [6.07, 6.45) is 9.84. The van der Waals surface area contributed by atoms with Crippen LogP contribution in [0.2, 0.25) is 0 Å². The van der Waals surface area contributed by atoms with Gasteiger partial charge in [-0.05, 0) is 33.0 Å². The first-order valence-electron chi connectivity index (χ1n) is 6.41. The van der Waals surface area contributed by atoms with E-state index in [9.17, 15) is 4.79 Å². The zero-order valence-corrected chi connectivity index (χ0v) is 10.7. The minimum absolute atomic E-state index is 0.221. The number of Topliss-reactive ketones (excluding diaryl/α,β-unsaturated/α-hetero) is 1. The van der Waals surface area contributed by atoms with Gasteiger partial charge in [0.05, 0.1) is 17.4 Å². The average Bonchev–Trinajstić information content (AvgIpc) is 2.72. The van der Waals surface area contributed by atoms with E-state index in [1.165, 1.54) is 12.8 Å². The number of furan rings is 1. The molecular formula is C14H21NO2. The predicted octanol–water partition coefficient (Wildman–Crippen LogP) is 3.12. The van der Waals surface area contributed by atoms with Crippen LogP contribution in [0.3, 0.4) is 0 Å². The maximum Gasteiger partial charge on any atom is 0.186 e. The number of carbonyl (C=O) groups is 1. The molecule has 0 unspecified atom stereocenters. The third-order valence-electron chi connectivity index (χ3n) is 3.99. The van der Waals surface area contributed by atoms with Crippen molar-refractivity contribution in [2.24, 2.45) is 0 Å². The first-order chi connectivity index (χ1) is 8.17. The Labute approximate surface area is 103 Å². The SMILES string of the molecule is CN(C)C1(C(=O)c2ccoc2)CCCCCC1.